The maximum Gasteiger partial charge on any atom is 0.0700 e. The van der Waals surface area contributed by atoms with Crippen molar-refractivity contribution in [2.45, 2.75) is 56.7 Å². The second kappa shape index (κ2) is 6.14. The van der Waals surface area contributed by atoms with Crippen molar-refractivity contribution in [1.82, 2.24) is 5.32 Å². The summed E-state index contributed by atoms with van der Waals surface area (Å²) in [7, 11) is 0. The molecule has 2 unspecified atom stereocenters. The van der Waals surface area contributed by atoms with Gasteiger partial charge in [-0.3, -0.25) is 0 Å². The van der Waals surface area contributed by atoms with Crippen LogP contribution in [0.1, 0.15) is 39.0 Å². The summed E-state index contributed by atoms with van der Waals surface area (Å²) in [5, 5.41) is 14.0. The number of aliphatic hydroxyl groups is 1. The fourth-order valence-corrected chi connectivity index (χ4v) is 3.06. The second-order valence-electron chi connectivity index (χ2n) is 5.33. The van der Waals surface area contributed by atoms with Crippen LogP contribution in [-0.2, 0) is 9.47 Å². The zero-order chi connectivity index (χ0) is 12.1. The van der Waals surface area contributed by atoms with E-state index < -0.39 is 5.60 Å². The Morgan fingerprint density at radius 3 is 2.41 bits per heavy atom. The minimum Gasteiger partial charge on any atom is -0.390 e. The SMILES string of the molecule is CCOCCOCCC1(O)CC2CCC(C1)N2. The van der Waals surface area contributed by atoms with Gasteiger partial charge >= 0.3 is 0 Å². The van der Waals surface area contributed by atoms with E-state index in [2.05, 4.69) is 5.32 Å². The van der Waals surface area contributed by atoms with Crippen molar-refractivity contribution in [1.29, 1.82) is 0 Å². The molecule has 0 aliphatic carbocycles. The largest absolute Gasteiger partial charge is 0.390 e. The van der Waals surface area contributed by atoms with E-state index in [0.29, 0.717) is 31.9 Å². The number of hydrogen-bond donors (Lipinski definition) is 2. The molecule has 2 heterocycles. The molecule has 0 aromatic rings. The Bertz CT molecular complexity index is 223. The Kier molecular flexibility index (Phi) is 4.79. The minimum absolute atomic E-state index is 0.497. The van der Waals surface area contributed by atoms with Gasteiger partial charge in [-0.05, 0) is 39.0 Å². The van der Waals surface area contributed by atoms with E-state index >= 15 is 0 Å². The van der Waals surface area contributed by atoms with Crippen LogP contribution >= 0.6 is 0 Å². The van der Waals surface area contributed by atoms with Crippen molar-refractivity contribution in [2.24, 2.45) is 0 Å². The molecule has 2 N–H and O–H groups in total. The Labute approximate surface area is 104 Å². The van der Waals surface area contributed by atoms with Gasteiger partial charge in [0.2, 0.25) is 0 Å². The fraction of sp³-hybridized carbons (Fsp3) is 1.00. The molecule has 2 aliphatic heterocycles. The van der Waals surface area contributed by atoms with Gasteiger partial charge in [-0.2, -0.15) is 0 Å². The Hall–Kier alpha value is -0.160. The van der Waals surface area contributed by atoms with Crippen LogP contribution in [-0.4, -0.2) is 49.2 Å². The molecule has 0 spiro atoms. The number of ether oxygens (including phenoxy) is 2. The first kappa shape index (κ1) is 13.3. The van der Waals surface area contributed by atoms with Crippen molar-refractivity contribution in [3.8, 4) is 0 Å². The first-order valence-electron chi connectivity index (χ1n) is 6.86. The van der Waals surface area contributed by atoms with Gasteiger partial charge in [-0.1, -0.05) is 0 Å². The summed E-state index contributed by atoms with van der Waals surface area (Å²) in [5.41, 5.74) is -0.497. The lowest BCUT2D eigenvalue weighted by Gasteiger charge is -2.37. The summed E-state index contributed by atoms with van der Waals surface area (Å²) in [6, 6.07) is 1.06. The van der Waals surface area contributed by atoms with Gasteiger partial charge in [0, 0.05) is 25.3 Å². The normalized spacial score (nSPS) is 36.4. The molecule has 2 bridgehead atoms. The molecule has 2 atom stereocenters. The number of nitrogens with one attached hydrogen (secondary N) is 1. The average molecular weight is 243 g/mol. The molecule has 0 aromatic carbocycles. The topological polar surface area (TPSA) is 50.7 Å². The van der Waals surface area contributed by atoms with E-state index in [-0.39, 0.29) is 0 Å². The number of hydrogen-bond acceptors (Lipinski definition) is 4. The predicted octanol–water partition coefficient (Wildman–Crippen LogP) is 1.08. The Morgan fingerprint density at radius 2 is 1.76 bits per heavy atom. The van der Waals surface area contributed by atoms with Crippen LogP contribution < -0.4 is 5.32 Å². The van der Waals surface area contributed by atoms with Crippen LogP contribution in [0.15, 0.2) is 0 Å². The summed E-state index contributed by atoms with van der Waals surface area (Å²) in [4.78, 5) is 0. The highest BCUT2D eigenvalue weighted by molar-refractivity contribution is 4.99. The van der Waals surface area contributed by atoms with Crippen LogP contribution in [0.5, 0.6) is 0 Å². The van der Waals surface area contributed by atoms with E-state index in [1.54, 1.807) is 0 Å². The molecule has 0 amide bonds. The predicted molar refractivity (Wildman–Crippen MR) is 66.1 cm³/mol. The van der Waals surface area contributed by atoms with Crippen molar-refractivity contribution < 1.29 is 14.6 Å². The summed E-state index contributed by atoms with van der Waals surface area (Å²) in [5.74, 6) is 0. The molecule has 100 valence electrons. The van der Waals surface area contributed by atoms with Crippen LogP contribution in [0.3, 0.4) is 0 Å². The lowest BCUT2D eigenvalue weighted by molar-refractivity contribution is -0.0407. The van der Waals surface area contributed by atoms with Gasteiger partial charge in [0.25, 0.3) is 0 Å². The fourth-order valence-electron chi connectivity index (χ4n) is 3.06. The Morgan fingerprint density at radius 1 is 1.12 bits per heavy atom. The maximum atomic E-state index is 10.5. The van der Waals surface area contributed by atoms with Gasteiger partial charge in [0.1, 0.15) is 0 Å². The smallest absolute Gasteiger partial charge is 0.0700 e. The molecule has 2 aliphatic rings. The van der Waals surface area contributed by atoms with E-state index in [4.69, 9.17) is 9.47 Å². The lowest BCUT2D eigenvalue weighted by Crippen LogP contribution is -2.48. The third-order valence-corrected chi connectivity index (χ3v) is 3.88. The summed E-state index contributed by atoms with van der Waals surface area (Å²) < 4.78 is 10.7. The molecular formula is C13H25NO3. The summed E-state index contributed by atoms with van der Waals surface area (Å²) >= 11 is 0. The highest BCUT2D eigenvalue weighted by Crippen LogP contribution is 2.35. The molecule has 0 aromatic heterocycles. The highest BCUT2D eigenvalue weighted by atomic mass is 16.5. The molecule has 2 saturated heterocycles. The molecule has 17 heavy (non-hydrogen) atoms. The minimum atomic E-state index is -0.497. The van der Waals surface area contributed by atoms with E-state index in [0.717, 1.165) is 25.9 Å². The van der Waals surface area contributed by atoms with Crippen molar-refractivity contribution in [3.05, 3.63) is 0 Å². The Balaban J connectivity index is 1.61. The number of piperidine rings is 1. The molecule has 4 nitrogen and oxygen atoms in total. The molecule has 4 heteroatoms. The third kappa shape index (κ3) is 3.91. The van der Waals surface area contributed by atoms with Crippen LogP contribution in [0.4, 0.5) is 0 Å². The van der Waals surface area contributed by atoms with Crippen LogP contribution in [0, 0.1) is 0 Å². The van der Waals surface area contributed by atoms with Crippen LogP contribution in [0.25, 0.3) is 0 Å². The van der Waals surface area contributed by atoms with Crippen molar-refractivity contribution >= 4 is 0 Å². The van der Waals surface area contributed by atoms with Gasteiger partial charge in [-0.25, -0.2) is 0 Å². The molecule has 2 rings (SSSR count). The first-order chi connectivity index (χ1) is 8.22. The number of rotatable bonds is 7. The van der Waals surface area contributed by atoms with Crippen molar-refractivity contribution in [2.75, 3.05) is 26.4 Å². The standard InChI is InChI=1S/C13H25NO3/c1-2-16-7-8-17-6-5-13(15)9-11-3-4-12(10-13)14-11/h11-12,14-15H,2-10H2,1H3. The molecule has 2 fully saturated rings. The molecule has 0 saturated carbocycles. The zero-order valence-corrected chi connectivity index (χ0v) is 10.8. The second-order valence-corrected chi connectivity index (χ2v) is 5.33. The summed E-state index contributed by atoms with van der Waals surface area (Å²) in [6.07, 6.45) is 4.97. The van der Waals surface area contributed by atoms with E-state index in [9.17, 15) is 5.11 Å². The maximum absolute atomic E-state index is 10.5. The number of fused-ring (bicyclic) bond motifs is 2. The summed E-state index contributed by atoms with van der Waals surface area (Å²) in [6.45, 7) is 4.65. The van der Waals surface area contributed by atoms with Gasteiger partial charge in [0.15, 0.2) is 0 Å². The van der Waals surface area contributed by atoms with Crippen molar-refractivity contribution in [3.63, 3.8) is 0 Å². The van der Waals surface area contributed by atoms with Gasteiger partial charge < -0.3 is 19.9 Å². The van der Waals surface area contributed by atoms with E-state index in [1.807, 2.05) is 6.92 Å². The average Bonchev–Trinajstić information content (AvgIpc) is 2.64. The van der Waals surface area contributed by atoms with Gasteiger partial charge in [-0.15, -0.1) is 0 Å². The van der Waals surface area contributed by atoms with Gasteiger partial charge in [0.05, 0.1) is 18.8 Å². The van der Waals surface area contributed by atoms with E-state index in [1.165, 1.54) is 12.8 Å². The van der Waals surface area contributed by atoms with Crippen LogP contribution in [0.2, 0.25) is 0 Å². The molecular weight excluding hydrogens is 218 g/mol. The quantitative estimate of drug-likeness (QED) is 0.657. The zero-order valence-electron chi connectivity index (χ0n) is 10.8. The lowest BCUT2D eigenvalue weighted by atomic mass is 9.85. The molecule has 0 radical (unpaired) electrons. The monoisotopic (exact) mass is 243 g/mol. The third-order valence-electron chi connectivity index (χ3n) is 3.88. The first-order valence-corrected chi connectivity index (χ1v) is 6.86. The highest BCUT2D eigenvalue weighted by Gasteiger charge is 2.41.